The van der Waals surface area contributed by atoms with E-state index >= 15 is 0 Å². The predicted molar refractivity (Wildman–Crippen MR) is 114 cm³/mol. The second kappa shape index (κ2) is 10.3. The number of phenols is 1. The summed E-state index contributed by atoms with van der Waals surface area (Å²) < 4.78 is 0. The highest BCUT2D eigenvalue weighted by Gasteiger charge is 2.39. The lowest BCUT2D eigenvalue weighted by atomic mass is 9.89. The smallest absolute Gasteiger partial charge is 0.249 e. The maximum atomic E-state index is 13.3. The first-order valence-electron chi connectivity index (χ1n) is 10.4. The van der Waals surface area contributed by atoms with Crippen LogP contribution in [0.4, 0.5) is 0 Å². The number of rotatable bonds is 8. The molecule has 4 atom stereocenters. The lowest BCUT2D eigenvalue weighted by Crippen LogP contribution is -2.56. The number of aliphatic hydroxyl groups is 1. The Balaban J connectivity index is 1.90. The number of phenolic OH excluding ortho intramolecular Hbond substituents is 1. The Morgan fingerprint density at radius 3 is 2.44 bits per heavy atom. The van der Waals surface area contributed by atoms with Crippen LogP contribution in [-0.4, -0.2) is 45.3 Å². The fraction of sp³-hybridized carbons (Fsp3) is 0.348. The van der Waals surface area contributed by atoms with Crippen molar-refractivity contribution in [3.8, 4) is 5.75 Å². The molecule has 3 rings (SSSR count). The number of fused-ring (bicyclic) bond motifs is 1. The number of nitrogens with one attached hydrogen (secondary N) is 3. The Morgan fingerprint density at radius 1 is 1.06 bits per heavy atom. The molecule has 0 radical (unpaired) electrons. The van der Waals surface area contributed by atoms with Gasteiger partial charge in [-0.05, 0) is 29.2 Å². The molecule has 0 saturated heterocycles. The van der Waals surface area contributed by atoms with Crippen LogP contribution in [0.2, 0.25) is 0 Å². The van der Waals surface area contributed by atoms with Crippen molar-refractivity contribution in [1.29, 1.82) is 0 Å². The van der Waals surface area contributed by atoms with Crippen molar-refractivity contribution >= 4 is 17.7 Å². The average Bonchev–Trinajstić information content (AvgIpc) is 3.11. The standard InChI is InChI=1S/C23H27N3O6/c1-2-19(29)24-21(16(22(30)26-32)11-14-8-4-6-10-17(14)27)23(31)25-20-15-9-5-3-7-13(15)12-18(20)28/h3-10,16,18,20-21,27-28,32H,2,11-12H2,1H3,(H,24,29)(H,25,31)(H,26,30)/t16-,18+,20-,21+/m0/s1. The molecule has 1 aliphatic carbocycles. The van der Waals surface area contributed by atoms with Crippen LogP contribution in [0.5, 0.6) is 5.75 Å². The van der Waals surface area contributed by atoms with E-state index in [0.29, 0.717) is 12.0 Å². The summed E-state index contributed by atoms with van der Waals surface area (Å²) in [6, 6.07) is 11.5. The van der Waals surface area contributed by atoms with Crippen molar-refractivity contribution in [3.05, 3.63) is 65.2 Å². The van der Waals surface area contributed by atoms with E-state index in [1.807, 2.05) is 12.1 Å². The maximum Gasteiger partial charge on any atom is 0.249 e. The molecule has 2 aromatic carbocycles. The minimum Gasteiger partial charge on any atom is -0.508 e. The summed E-state index contributed by atoms with van der Waals surface area (Å²) in [6.07, 6.45) is -0.540. The summed E-state index contributed by atoms with van der Waals surface area (Å²) >= 11 is 0. The maximum absolute atomic E-state index is 13.3. The zero-order valence-electron chi connectivity index (χ0n) is 17.6. The molecule has 0 bridgehead atoms. The topological polar surface area (TPSA) is 148 Å². The van der Waals surface area contributed by atoms with Crippen molar-refractivity contribution in [2.45, 2.75) is 44.4 Å². The zero-order chi connectivity index (χ0) is 23.3. The second-order valence-corrected chi connectivity index (χ2v) is 7.77. The van der Waals surface area contributed by atoms with Crippen LogP contribution in [0.3, 0.4) is 0 Å². The number of aliphatic hydroxyl groups excluding tert-OH is 1. The molecule has 9 heteroatoms. The lowest BCUT2D eigenvalue weighted by Gasteiger charge is -2.28. The van der Waals surface area contributed by atoms with Gasteiger partial charge < -0.3 is 20.8 Å². The van der Waals surface area contributed by atoms with Gasteiger partial charge in [-0.25, -0.2) is 5.48 Å². The SMILES string of the molecule is CCC(=O)N[C@@H](C(=O)N[C@H]1c2ccccc2C[C@H]1O)[C@H](Cc1ccccc1O)C(=O)NO. The van der Waals surface area contributed by atoms with Crippen molar-refractivity contribution < 1.29 is 29.8 Å². The van der Waals surface area contributed by atoms with Crippen LogP contribution in [0.25, 0.3) is 0 Å². The number of amides is 3. The zero-order valence-corrected chi connectivity index (χ0v) is 17.6. The van der Waals surface area contributed by atoms with Crippen molar-refractivity contribution in [2.24, 2.45) is 5.92 Å². The molecular weight excluding hydrogens is 414 g/mol. The minimum absolute atomic E-state index is 0.0721. The van der Waals surface area contributed by atoms with Crippen LogP contribution < -0.4 is 16.1 Å². The van der Waals surface area contributed by atoms with Gasteiger partial charge in [-0.2, -0.15) is 0 Å². The fourth-order valence-electron chi connectivity index (χ4n) is 3.98. The molecule has 0 fully saturated rings. The first-order chi connectivity index (χ1) is 15.3. The van der Waals surface area contributed by atoms with Crippen LogP contribution >= 0.6 is 0 Å². The Morgan fingerprint density at radius 2 is 1.75 bits per heavy atom. The number of para-hydroxylation sites is 1. The highest BCUT2D eigenvalue weighted by atomic mass is 16.5. The van der Waals surface area contributed by atoms with Gasteiger partial charge in [-0.1, -0.05) is 49.4 Å². The van der Waals surface area contributed by atoms with E-state index in [0.717, 1.165) is 11.1 Å². The number of benzene rings is 2. The highest BCUT2D eigenvalue weighted by Crippen LogP contribution is 2.31. The quantitative estimate of drug-likeness (QED) is 0.263. The monoisotopic (exact) mass is 441 g/mol. The summed E-state index contributed by atoms with van der Waals surface area (Å²) in [4.78, 5) is 38.0. The Hall–Kier alpha value is -3.43. The van der Waals surface area contributed by atoms with Gasteiger partial charge in [0.2, 0.25) is 17.7 Å². The summed E-state index contributed by atoms with van der Waals surface area (Å²) in [5, 5.41) is 35.2. The highest BCUT2D eigenvalue weighted by molar-refractivity contribution is 5.93. The van der Waals surface area contributed by atoms with Gasteiger partial charge in [0.15, 0.2) is 0 Å². The number of hydrogen-bond acceptors (Lipinski definition) is 6. The molecule has 1 aliphatic rings. The van der Waals surface area contributed by atoms with E-state index in [4.69, 9.17) is 0 Å². The van der Waals surface area contributed by atoms with E-state index < -0.39 is 41.8 Å². The molecule has 9 nitrogen and oxygen atoms in total. The van der Waals surface area contributed by atoms with Gasteiger partial charge in [0.05, 0.1) is 18.1 Å². The largest absolute Gasteiger partial charge is 0.508 e. The van der Waals surface area contributed by atoms with Gasteiger partial charge >= 0.3 is 0 Å². The van der Waals surface area contributed by atoms with Crippen molar-refractivity contribution in [3.63, 3.8) is 0 Å². The summed E-state index contributed by atoms with van der Waals surface area (Å²) in [5.41, 5.74) is 3.58. The third-order valence-electron chi connectivity index (χ3n) is 5.70. The summed E-state index contributed by atoms with van der Waals surface area (Å²) in [6.45, 7) is 1.60. The van der Waals surface area contributed by atoms with E-state index in [9.17, 15) is 29.8 Å². The first-order valence-corrected chi connectivity index (χ1v) is 10.4. The first kappa shape index (κ1) is 23.2. The third kappa shape index (κ3) is 5.06. The van der Waals surface area contributed by atoms with Gasteiger partial charge in [0, 0.05) is 12.8 Å². The van der Waals surface area contributed by atoms with E-state index in [1.54, 1.807) is 42.7 Å². The molecule has 0 heterocycles. The summed E-state index contributed by atoms with van der Waals surface area (Å²) in [7, 11) is 0. The Labute approximate surface area is 185 Å². The normalized spacial score (nSPS) is 18.8. The molecule has 2 aromatic rings. The van der Waals surface area contributed by atoms with Gasteiger partial charge in [0.25, 0.3) is 0 Å². The van der Waals surface area contributed by atoms with Gasteiger partial charge in [0.1, 0.15) is 11.8 Å². The van der Waals surface area contributed by atoms with Crippen LogP contribution in [0, 0.1) is 5.92 Å². The second-order valence-electron chi connectivity index (χ2n) is 7.77. The fourth-order valence-corrected chi connectivity index (χ4v) is 3.98. The molecule has 6 N–H and O–H groups in total. The van der Waals surface area contributed by atoms with Crippen LogP contribution in [-0.2, 0) is 27.2 Å². The van der Waals surface area contributed by atoms with Gasteiger partial charge in [-0.3, -0.25) is 19.6 Å². The molecule has 3 amide bonds. The minimum atomic E-state index is -1.35. The third-order valence-corrected chi connectivity index (χ3v) is 5.70. The van der Waals surface area contributed by atoms with Crippen molar-refractivity contribution in [1.82, 2.24) is 16.1 Å². The van der Waals surface area contributed by atoms with E-state index in [-0.39, 0.29) is 18.6 Å². The molecule has 0 spiro atoms. The number of hydrogen-bond donors (Lipinski definition) is 6. The Bertz CT molecular complexity index is 995. The van der Waals surface area contributed by atoms with Crippen molar-refractivity contribution in [2.75, 3.05) is 0 Å². The average molecular weight is 441 g/mol. The molecular formula is C23H27N3O6. The van der Waals surface area contributed by atoms with Crippen LogP contribution in [0.1, 0.15) is 36.1 Å². The number of carbonyl (C=O) groups is 3. The predicted octanol–water partition coefficient (Wildman–Crippen LogP) is 0.726. The van der Waals surface area contributed by atoms with Gasteiger partial charge in [-0.15, -0.1) is 0 Å². The van der Waals surface area contributed by atoms with E-state index in [1.165, 1.54) is 6.07 Å². The molecule has 0 aromatic heterocycles. The molecule has 170 valence electrons. The number of aromatic hydroxyl groups is 1. The van der Waals surface area contributed by atoms with Crippen LogP contribution in [0.15, 0.2) is 48.5 Å². The molecule has 0 aliphatic heterocycles. The van der Waals surface area contributed by atoms with E-state index in [2.05, 4.69) is 10.6 Å². The number of carbonyl (C=O) groups excluding carboxylic acids is 3. The molecule has 32 heavy (non-hydrogen) atoms. The Kier molecular flexibility index (Phi) is 7.45. The molecule has 0 saturated carbocycles. The molecule has 0 unspecified atom stereocenters. The summed E-state index contributed by atoms with van der Waals surface area (Å²) in [5.74, 6) is -3.35. The number of hydroxylamine groups is 1. The lowest BCUT2D eigenvalue weighted by molar-refractivity contribution is -0.140.